The number of benzene rings is 1. The van der Waals surface area contributed by atoms with Crippen LogP contribution >= 0.6 is 6.83 Å². The third kappa shape index (κ3) is 18.8. The Morgan fingerprint density at radius 3 is 1.18 bits per heavy atom. The number of hydrogen-bond acceptors (Lipinski definition) is 3. The third-order valence-electron chi connectivity index (χ3n) is 11.2. The summed E-state index contributed by atoms with van der Waals surface area (Å²) < 4.78 is 36.8. The van der Waals surface area contributed by atoms with Gasteiger partial charge >= 0.3 is 264 Å². The second-order valence-electron chi connectivity index (χ2n) is 15.7. The zero-order chi connectivity index (χ0) is 36.1. The number of unbranched alkanes of at least 4 members (excludes halogenated alkanes) is 20. The van der Waals surface area contributed by atoms with Crippen molar-refractivity contribution in [3.05, 3.63) is 29.3 Å². The molecule has 0 aliphatic rings. The Balaban J connectivity index is 3.34. The monoisotopic (exact) mass is 725 g/mol. The predicted octanol–water partition coefficient (Wildman–Crippen LogP) is 15.2. The zero-order valence-corrected chi connectivity index (χ0v) is 35.7. The fourth-order valence-electron chi connectivity index (χ4n) is 7.97. The Bertz CT molecular complexity index is 993. The van der Waals surface area contributed by atoms with E-state index in [-0.39, 0.29) is 0 Å². The molecule has 0 spiro atoms. The van der Waals surface area contributed by atoms with E-state index in [1.165, 1.54) is 108 Å². The molecule has 0 amide bonds. The van der Waals surface area contributed by atoms with Crippen molar-refractivity contribution in [3.8, 4) is 0 Å². The van der Waals surface area contributed by atoms with Crippen molar-refractivity contribution >= 4 is 16.9 Å². The van der Waals surface area contributed by atoms with Crippen LogP contribution in [-0.4, -0.2) is 33.1 Å². The molecule has 0 N–H and O–H groups in total. The van der Waals surface area contributed by atoms with Crippen LogP contribution in [0.5, 0.6) is 0 Å². The second kappa shape index (κ2) is 28.1. The molecule has 0 fully saturated rings. The molecule has 0 aromatic heterocycles. The molecule has 0 saturated heterocycles. The van der Waals surface area contributed by atoms with E-state index < -0.39 is 16.9 Å². The van der Waals surface area contributed by atoms with E-state index in [0.29, 0.717) is 4.90 Å². The van der Waals surface area contributed by atoms with Gasteiger partial charge in [-0.15, -0.1) is 0 Å². The van der Waals surface area contributed by atoms with Crippen molar-refractivity contribution in [2.24, 2.45) is 0 Å². The maximum absolute atomic E-state index is 14.9. The maximum atomic E-state index is 14.9. The predicted molar refractivity (Wildman–Crippen MR) is 223 cm³/mol. The minimum atomic E-state index is -3.90. The number of hydrogen-bond donors (Lipinski definition) is 0. The van der Waals surface area contributed by atoms with Gasteiger partial charge in [0.15, 0.2) is 0 Å². The van der Waals surface area contributed by atoms with Crippen molar-refractivity contribution < 1.29 is 12.4 Å². The minimum absolute atomic E-state index is 0.510. The number of aryl methyl sites for hydroxylation is 1. The van der Waals surface area contributed by atoms with E-state index >= 15 is 0 Å². The van der Waals surface area contributed by atoms with Gasteiger partial charge in [0.2, 0.25) is 0 Å². The van der Waals surface area contributed by atoms with Crippen LogP contribution in [0.3, 0.4) is 0 Å². The van der Waals surface area contributed by atoms with Crippen molar-refractivity contribution in [3.63, 3.8) is 0 Å². The van der Waals surface area contributed by atoms with Crippen molar-refractivity contribution in [2.45, 2.75) is 226 Å². The van der Waals surface area contributed by atoms with Crippen LogP contribution in [0.4, 0.5) is 0 Å². The smallest absolute Gasteiger partial charge is 0.0654 e. The molecule has 1 aromatic carbocycles. The molecule has 1 rings (SSSR count). The Kier molecular flexibility index (Phi) is 26.7. The summed E-state index contributed by atoms with van der Waals surface area (Å²) in [7, 11) is -3.90. The molecule has 5 heteroatoms. The molecule has 0 saturated carbocycles. The molecule has 49 heavy (non-hydrogen) atoms. The molecule has 0 heterocycles. The summed E-state index contributed by atoms with van der Waals surface area (Å²) in [5.74, 6) is 0. The van der Waals surface area contributed by atoms with Crippen molar-refractivity contribution in [1.29, 1.82) is 0 Å². The van der Waals surface area contributed by atoms with E-state index in [0.717, 1.165) is 107 Å². The molecule has 0 radical (unpaired) electrons. The summed E-state index contributed by atoms with van der Waals surface area (Å²) >= 11 is 0. The summed E-state index contributed by atoms with van der Waals surface area (Å²) in [6.45, 7) is 10.6. The van der Waals surface area contributed by atoms with Gasteiger partial charge in [0.05, 0.1) is 0 Å². The Morgan fingerprint density at radius 2 is 0.796 bits per heavy atom. The summed E-state index contributed by atoms with van der Waals surface area (Å²) in [5, 5.41) is 0. The van der Waals surface area contributed by atoms with Gasteiger partial charge in [0, 0.05) is 0 Å². The van der Waals surface area contributed by atoms with Crippen LogP contribution in [0.2, 0.25) is 0 Å². The van der Waals surface area contributed by atoms with Gasteiger partial charge < -0.3 is 0 Å². The molecular formula is C44H85O3PS. The van der Waals surface area contributed by atoms with Gasteiger partial charge in [0.25, 0.3) is 0 Å². The standard InChI is InChI=1S/C44H85O3PS/c1-7-13-19-21-23-25-27-29-31-34-42-35-33-37-44(43(42)36-32-30-28-26-24-22-20-14-8-2)49(45,46)47-48(38-15-9-3,39-16-10-4,40-17-11-5)41-18-12-6/h33,35,37H,7-32,34,36,38-41H2,1-6H3. The first kappa shape index (κ1) is 46.6. The molecular weight excluding hydrogens is 640 g/mol. The first-order chi connectivity index (χ1) is 23.8. The fraction of sp³-hybridized carbons (Fsp3) is 0.864. The van der Waals surface area contributed by atoms with Crippen LogP contribution in [0.25, 0.3) is 0 Å². The molecule has 0 aliphatic carbocycles. The SMILES string of the molecule is CCCCCCCCCCCc1cccc(S(=O)(=O)OP(CCCC)(CCCC)(CCCC)CCCC)c1CCCCCCCCCCC. The van der Waals surface area contributed by atoms with Crippen LogP contribution in [0, 0.1) is 0 Å². The Morgan fingerprint density at radius 1 is 0.449 bits per heavy atom. The number of rotatable bonds is 35. The minimum Gasteiger partial charge on any atom is -0.0654 e. The average molecular weight is 725 g/mol. The average Bonchev–Trinajstić information content (AvgIpc) is 3.10. The molecule has 3 nitrogen and oxygen atoms in total. The second-order valence-corrected chi connectivity index (χ2v) is 23.2. The van der Waals surface area contributed by atoms with Gasteiger partial charge in [-0.3, -0.25) is 0 Å². The summed E-state index contributed by atoms with van der Waals surface area (Å²) in [4.78, 5) is 0.510. The first-order valence-electron chi connectivity index (χ1n) is 21.8. The van der Waals surface area contributed by atoms with Gasteiger partial charge in [-0.1, -0.05) is 46.0 Å². The molecule has 0 aliphatic heterocycles. The molecule has 0 bridgehead atoms. The van der Waals surface area contributed by atoms with Crippen molar-refractivity contribution in [1.82, 2.24) is 0 Å². The molecule has 0 atom stereocenters. The van der Waals surface area contributed by atoms with Gasteiger partial charge in [-0.05, 0) is 0 Å². The fourth-order valence-corrected chi connectivity index (χ4v) is 18.3. The van der Waals surface area contributed by atoms with E-state index in [4.69, 9.17) is 3.97 Å². The molecule has 290 valence electrons. The van der Waals surface area contributed by atoms with E-state index in [1.54, 1.807) is 0 Å². The van der Waals surface area contributed by atoms with E-state index in [2.05, 4.69) is 47.6 Å². The van der Waals surface area contributed by atoms with E-state index in [1.807, 2.05) is 12.1 Å². The Labute approximate surface area is 308 Å². The van der Waals surface area contributed by atoms with Gasteiger partial charge in [-0.25, -0.2) is 0 Å². The third-order valence-corrected chi connectivity index (χ3v) is 20.4. The van der Waals surface area contributed by atoms with Crippen molar-refractivity contribution in [2.75, 3.05) is 24.6 Å². The summed E-state index contributed by atoms with van der Waals surface area (Å²) in [6.07, 6.45) is 37.6. The zero-order valence-electron chi connectivity index (χ0n) is 33.9. The van der Waals surface area contributed by atoms with Crippen LogP contribution in [0.1, 0.15) is 220 Å². The van der Waals surface area contributed by atoms with Crippen LogP contribution < -0.4 is 0 Å². The Hall–Kier alpha value is -0.440. The molecule has 0 unspecified atom stereocenters. The van der Waals surface area contributed by atoms with Crippen LogP contribution in [-0.2, 0) is 26.9 Å². The first-order valence-corrected chi connectivity index (χ1v) is 26.1. The van der Waals surface area contributed by atoms with Gasteiger partial charge in [-0.2, -0.15) is 0 Å². The summed E-state index contributed by atoms with van der Waals surface area (Å²) in [6, 6.07) is 6.15. The van der Waals surface area contributed by atoms with E-state index in [9.17, 15) is 8.42 Å². The molecule has 1 aromatic rings. The van der Waals surface area contributed by atoms with Crippen LogP contribution in [0.15, 0.2) is 23.1 Å². The summed E-state index contributed by atoms with van der Waals surface area (Å²) in [5.41, 5.74) is 2.34. The normalized spacial score (nSPS) is 13.1. The van der Waals surface area contributed by atoms with Gasteiger partial charge in [0.1, 0.15) is 0 Å². The topological polar surface area (TPSA) is 43.4 Å². The quantitative estimate of drug-likeness (QED) is 0.0517.